The number of halogens is 1. The van der Waals surface area contributed by atoms with Gasteiger partial charge in [-0.25, -0.2) is 0 Å². The van der Waals surface area contributed by atoms with E-state index in [2.05, 4.69) is 5.10 Å². The number of hydrogen-bond acceptors (Lipinski definition) is 2. The highest BCUT2D eigenvalue weighted by Gasteiger charge is 2.15. The van der Waals surface area contributed by atoms with Crippen LogP contribution in [0.1, 0.15) is 5.69 Å². The number of nitrogens with zero attached hydrogens (tertiary/aromatic N) is 2. The van der Waals surface area contributed by atoms with Crippen LogP contribution in [-0.4, -0.2) is 14.9 Å². The third-order valence-electron chi connectivity index (χ3n) is 2.43. The summed E-state index contributed by atoms with van der Waals surface area (Å²) in [5, 5.41) is 14.7. The molecule has 0 saturated carbocycles. The fraction of sp³-hybridized carbons (Fsp3) is 0.182. The predicted octanol–water partition coefficient (Wildman–Crippen LogP) is 2.75. The Morgan fingerprint density at radius 1 is 1.33 bits per heavy atom. The molecule has 4 heteroatoms. The second-order valence-electron chi connectivity index (χ2n) is 3.39. The Morgan fingerprint density at radius 2 is 2.00 bits per heavy atom. The lowest BCUT2D eigenvalue weighted by atomic mass is 10.1. The summed E-state index contributed by atoms with van der Waals surface area (Å²) in [4.78, 5) is 0. The number of aromatic nitrogens is 2. The van der Waals surface area contributed by atoms with Crippen molar-refractivity contribution in [1.29, 1.82) is 0 Å². The normalized spacial score (nSPS) is 10.6. The molecule has 1 heterocycles. The molecular formula is C11H11ClN2O. The van der Waals surface area contributed by atoms with Gasteiger partial charge >= 0.3 is 0 Å². The van der Waals surface area contributed by atoms with Gasteiger partial charge in [0, 0.05) is 12.6 Å². The number of rotatable bonds is 1. The summed E-state index contributed by atoms with van der Waals surface area (Å²) in [5.41, 5.74) is 2.01. The molecule has 0 saturated heterocycles. The van der Waals surface area contributed by atoms with E-state index in [1.165, 1.54) is 0 Å². The van der Waals surface area contributed by atoms with Crippen molar-refractivity contribution in [2.45, 2.75) is 6.92 Å². The average molecular weight is 223 g/mol. The zero-order valence-corrected chi connectivity index (χ0v) is 9.28. The largest absolute Gasteiger partial charge is 0.504 e. The van der Waals surface area contributed by atoms with E-state index in [0.29, 0.717) is 10.7 Å². The van der Waals surface area contributed by atoms with Gasteiger partial charge in [0.25, 0.3) is 0 Å². The molecule has 0 unspecified atom stereocenters. The van der Waals surface area contributed by atoms with Crippen molar-refractivity contribution >= 4 is 11.6 Å². The summed E-state index contributed by atoms with van der Waals surface area (Å²) in [5.74, 6) is 0.186. The van der Waals surface area contributed by atoms with E-state index in [0.717, 1.165) is 11.3 Å². The second-order valence-corrected chi connectivity index (χ2v) is 3.79. The molecule has 3 nitrogen and oxygen atoms in total. The van der Waals surface area contributed by atoms with Crippen molar-refractivity contribution < 1.29 is 5.11 Å². The van der Waals surface area contributed by atoms with Gasteiger partial charge < -0.3 is 5.11 Å². The van der Waals surface area contributed by atoms with Crippen molar-refractivity contribution in [2.24, 2.45) is 7.05 Å². The van der Waals surface area contributed by atoms with Gasteiger partial charge in [0.05, 0.1) is 10.7 Å². The molecule has 0 atom stereocenters. The number of hydrogen-bond donors (Lipinski definition) is 1. The highest BCUT2D eigenvalue weighted by molar-refractivity contribution is 6.33. The molecule has 1 N–H and O–H groups in total. The Morgan fingerprint density at radius 3 is 2.53 bits per heavy atom. The maximum atomic E-state index is 9.85. The lowest BCUT2D eigenvalue weighted by molar-refractivity contribution is 0.471. The maximum Gasteiger partial charge on any atom is 0.164 e. The van der Waals surface area contributed by atoms with Crippen molar-refractivity contribution in [3.8, 4) is 17.0 Å². The molecule has 0 aliphatic rings. The van der Waals surface area contributed by atoms with E-state index in [9.17, 15) is 5.11 Å². The van der Waals surface area contributed by atoms with Crippen LogP contribution in [0, 0.1) is 6.92 Å². The van der Waals surface area contributed by atoms with E-state index in [1.807, 2.05) is 25.1 Å². The van der Waals surface area contributed by atoms with Crippen LogP contribution < -0.4 is 0 Å². The van der Waals surface area contributed by atoms with E-state index in [4.69, 9.17) is 11.6 Å². The maximum absolute atomic E-state index is 9.85. The van der Waals surface area contributed by atoms with E-state index >= 15 is 0 Å². The Hall–Kier alpha value is -1.48. The van der Waals surface area contributed by atoms with Crippen LogP contribution in [0.3, 0.4) is 0 Å². The molecule has 1 aromatic carbocycles. The molecule has 15 heavy (non-hydrogen) atoms. The van der Waals surface area contributed by atoms with Gasteiger partial charge in [0.1, 0.15) is 5.69 Å². The summed E-state index contributed by atoms with van der Waals surface area (Å²) in [6, 6.07) is 7.33. The summed E-state index contributed by atoms with van der Waals surface area (Å²) >= 11 is 6.03. The summed E-state index contributed by atoms with van der Waals surface area (Å²) in [7, 11) is 1.79. The minimum absolute atomic E-state index is 0.186. The number of benzene rings is 1. The SMILES string of the molecule is Cc1c(O)c(-c2ccccc2Cl)nn1C. The first kappa shape index (κ1) is 10.1. The lowest BCUT2D eigenvalue weighted by Gasteiger charge is -1.99. The highest BCUT2D eigenvalue weighted by atomic mass is 35.5. The molecule has 0 aliphatic heterocycles. The quantitative estimate of drug-likeness (QED) is 0.806. The van der Waals surface area contributed by atoms with Gasteiger partial charge in [-0.15, -0.1) is 0 Å². The molecule has 2 aromatic rings. The van der Waals surface area contributed by atoms with Crippen molar-refractivity contribution in [1.82, 2.24) is 9.78 Å². The van der Waals surface area contributed by atoms with Crippen LogP contribution in [0.25, 0.3) is 11.3 Å². The van der Waals surface area contributed by atoms with Crippen LogP contribution in [-0.2, 0) is 7.05 Å². The Labute approximate surface area is 92.9 Å². The first-order chi connectivity index (χ1) is 7.11. The summed E-state index contributed by atoms with van der Waals surface area (Å²) in [6.45, 7) is 1.81. The molecule has 0 radical (unpaired) electrons. The van der Waals surface area contributed by atoms with Gasteiger partial charge in [0.15, 0.2) is 5.75 Å². The average Bonchev–Trinajstić information content (AvgIpc) is 2.47. The van der Waals surface area contributed by atoms with Gasteiger partial charge in [0.2, 0.25) is 0 Å². The zero-order chi connectivity index (χ0) is 11.0. The number of aromatic hydroxyl groups is 1. The van der Waals surface area contributed by atoms with Gasteiger partial charge in [-0.3, -0.25) is 4.68 Å². The minimum atomic E-state index is 0.186. The van der Waals surface area contributed by atoms with E-state index in [-0.39, 0.29) is 5.75 Å². The molecule has 0 bridgehead atoms. The van der Waals surface area contributed by atoms with Gasteiger partial charge in [-0.2, -0.15) is 5.10 Å². The highest BCUT2D eigenvalue weighted by Crippen LogP contribution is 2.34. The van der Waals surface area contributed by atoms with Crippen LogP contribution in [0.4, 0.5) is 0 Å². The smallest absolute Gasteiger partial charge is 0.164 e. The summed E-state index contributed by atoms with van der Waals surface area (Å²) < 4.78 is 1.63. The van der Waals surface area contributed by atoms with Crippen LogP contribution in [0.15, 0.2) is 24.3 Å². The molecule has 78 valence electrons. The second kappa shape index (κ2) is 3.59. The van der Waals surface area contributed by atoms with Crippen LogP contribution >= 0.6 is 11.6 Å². The van der Waals surface area contributed by atoms with Crippen molar-refractivity contribution in [2.75, 3.05) is 0 Å². The molecule has 0 spiro atoms. The Balaban J connectivity index is 2.65. The first-order valence-electron chi connectivity index (χ1n) is 4.58. The number of aryl methyl sites for hydroxylation is 1. The van der Waals surface area contributed by atoms with E-state index in [1.54, 1.807) is 17.8 Å². The van der Waals surface area contributed by atoms with Crippen molar-refractivity contribution in [3.63, 3.8) is 0 Å². The molecular weight excluding hydrogens is 212 g/mol. The Kier molecular flexibility index (Phi) is 2.40. The summed E-state index contributed by atoms with van der Waals surface area (Å²) in [6.07, 6.45) is 0. The molecule has 0 fully saturated rings. The topological polar surface area (TPSA) is 38.1 Å². The predicted molar refractivity (Wildman–Crippen MR) is 60.1 cm³/mol. The Bertz CT molecular complexity index is 505. The van der Waals surface area contributed by atoms with E-state index < -0.39 is 0 Å². The minimum Gasteiger partial charge on any atom is -0.504 e. The fourth-order valence-corrected chi connectivity index (χ4v) is 1.66. The van der Waals surface area contributed by atoms with Gasteiger partial charge in [-0.1, -0.05) is 29.8 Å². The third kappa shape index (κ3) is 1.59. The van der Waals surface area contributed by atoms with Gasteiger partial charge in [-0.05, 0) is 13.0 Å². The molecule has 0 aliphatic carbocycles. The monoisotopic (exact) mass is 222 g/mol. The fourth-order valence-electron chi connectivity index (χ4n) is 1.43. The standard InChI is InChI=1S/C11H11ClN2O/c1-7-11(15)10(13-14(7)2)8-5-3-4-6-9(8)12/h3-6,15H,1-2H3. The zero-order valence-electron chi connectivity index (χ0n) is 8.53. The molecule has 0 amide bonds. The third-order valence-corrected chi connectivity index (χ3v) is 2.76. The van der Waals surface area contributed by atoms with Crippen molar-refractivity contribution in [3.05, 3.63) is 35.0 Å². The lowest BCUT2D eigenvalue weighted by Crippen LogP contribution is -1.92. The molecule has 2 rings (SSSR count). The first-order valence-corrected chi connectivity index (χ1v) is 4.96. The van der Waals surface area contributed by atoms with Crippen LogP contribution in [0.2, 0.25) is 5.02 Å². The molecule has 1 aromatic heterocycles. The van der Waals surface area contributed by atoms with Crippen LogP contribution in [0.5, 0.6) is 5.75 Å².